The molecule has 3 rings (SSSR count). The number of hydrogen-bond acceptors (Lipinski definition) is 3. The van der Waals surface area contributed by atoms with Gasteiger partial charge in [0.25, 0.3) is 0 Å². The Hall–Kier alpha value is -2.82. The van der Waals surface area contributed by atoms with Gasteiger partial charge in [0.15, 0.2) is 5.69 Å². The van der Waals surface area contributed by atoms with E-state index in [2.05, 4.69) is 4.98 Å². The number of anilines is 1. The molecule has 0 bridgehead atoms. The summed E-state index contributed by atoms with van der Waals surface area (Å²) in [6, 6.07) is 12.5. The Morgan fingerprint density at radius 3 is 2.58 bits per heavy atom. The van der Waals surface area contributed by atoms with Crippen molar-refractivity contribution < 1.29 is 9.90 Å². The van der Waals surface area contributed by atoms with Crippen LogP contribution in [0.25, 0.3) is 16.9 Å². The smallest absolute Gasteiger partial charge is 0.356 e. The highest BCUT2D eigenvalue weighted by atomic mass is 16.4. The maximum atomic E-state index is 11.2. The van der Waals surface area contributed by atoms with E-state index < -0.39 is 5.97 Å². The molecule has 19 heavy (non-hydrogen) atoms. The first-order chi connectivity index (χ1) is 9.16. The van der Waals surface area contributed by atoms with Crippen molar-refractivity contribution in [2.45, 2.75) is 0 Å². The van der Waals surface area contributed by atoms with Crippen LogP contribution < -0.4 is 5.73 Å². The molecule has 1 aromatic carbocycles. The third-order valence-corrected chi connectivity index (χ3v) is 2.92. The van der Waals surface area contributed by atoms with Crippen molar-refractivity contribution in [3.05, 3.63) is 54.4 Å². The minimum atomic E-state index is -1.04. The standard InChI is InChI=1S/C14H11N3O2/c15-10-6-4-9(5-7-10)13-16-12(14(18)19)11-3-1-2-8-17(11)13/h1-8H,15H2,(H,18,19). The molecule has 0 fully saturated rings. The lowest BCUT2D eigenvalue weighted by Crippen LogP contribution is -1.96. The molecule has 2 aromatic heterocycles. The molecule has 0 saturated heterocycles. The summed E-state index contributed by atoms with van der Waals surface area (Å²) >= 11 is 0. The number of fused-ring (bicyclic) bond motifs is 1. The van der Waals surface area contributed by atoms with Crippen LogP contribution in [0.4, 0.5) is 5.69 Å². The molecule has 0 atom stereocenters. The lowest BCUT2D eigenvalue weighted by atomic mass is 10.2. The Labute approximate surface area is 108 Å². The van der Waals surface area contributed by atoms with Gasteiger partial charge in [-0.2, -0.15) is 0 Å². The van der Waals surface area contributed by atoms with Crippen LogP contribution in [0.15, 0.2) is 48.7 Å². The van der Waals surface area contributed by atoms with Gasteiger partial charge >= 0.3 is 5.97 Å². The molecule has 0 saturated carbocycles. The molecule has 0 aliphatic carbocycles. The lowest BCUT2D eigenvalue weighted by Gasteiger charge is -2.01. The van der Waals surface area contributed by atoms with E-state index in [1.165, 1.54) is 0 Å². The molecule has 0 unspecified atom stereocenters. The number of aromatic carboxylic acids is 1. The van der Waals surface area contributed by atoms with Gasteiger partial charge in [0.2, 0.25) is 0 Å². The highest BCUT2D eigenvalue weighted by molar-refractivity contribution is 5.94. The highest BCUT2D eigenvalue weighted by Crippen LogP contribution is 2.23. The third-order valence-electron chi connectivity index (χ3n) is 2.92. The molecular formula is C14H11N3O2. The van der Waals surface area contributed by atoms with Crippen molar-refractivity contribution >= 4 is 17.2 Å². The number of imidazole rings is 1. The summed E-state index contributed by atoms with van der Waals surface area (Å²) in [6.07, 6.45) is 1.79. The van der Waals surface area contributed by atoms with Gasteiger partial charge in [-0.25, -0.2) is 9.78 Å². The van der Waals surface area contributed by atoms with Crippen LogP contribution in [0, 0.1) is 0 Å². The van der Waals surface area contributed by atoms with Gasteiger partial charge in [0.05, 0.1) is 5.52 Å². The van der Waals surface area contributed by atoms with Crippen molar-refractivity contribution in [1.82, 2.24) is 9.38 Å². The van der Waals surface area contributed by atoms with E-state index >= 15 is 0 Å². The molecule has 0 amide bonds. The fourth-order valence-electron chi connectivity index (χ4n) is 2.03. The summed E-state index contributed by atoms with van der Waals surface area (Å²) in [4.78, 5) is 15.4. The second-order valence-corrected chi connectivity index (χ2v) is 4.17. The number of benzene rings is 1. The van der Waals surface area contributed by atoms with E-state index in [1.807, 2.05) is 18.2 Å². The fraction of sp³-hybridized carbons (Fsp3) is 0. The van der Waals surface area contributed by atoms with E-state index in [0.29, 0.717) is 17.0 Å². The maximum Gasteiger partial charge on any atom is 0.356 e. The zero-order chi connectivity index (χ0) is 13.4. The lowest BCUT2D eigenvalue weighted by molar-refractivity contribution is 0.0693. The fourth-order valence-corrected chi connectivity index (χ4v) is 2.03. The van der Waals surface area contributed by atoms with Crippen molar-refractivity contribution in [2.75, 3.05) is 5.73 Å². The Bertz CT molecular complexity index is 760. The Balaban J connectivity index is 2.29. The Morgan fingerprint density at radius 1 is 1.16 bits per heavy atom. The van der Waals surface area contributed by atoms with Crippen molar-refractivity contribution in [3.8, 4) is 11.4 Å². The average Bonchev–Trinajstić information content (AvgIpc) is 2.79. The normalized spacial score (nSPS) is 10.7. The van der Waals surface area contributed by atoms with E-state index in [-0.39, 0.29) is 5.69 Å². The minimum Gasteiger partial charge on any atom is -0.476 e. The predicted octanol–water partition coefficient (Wildman–Crippen LogP) is 2.28. The second-order valence-electron chi connectivity index (χ2n) is 4.17. The first kappa shape index (κ1) is 11.3. The summed E-state index contributed by atoms with van der Waals surface area (Å²) in [7, 11) is 0. The van der Waals surface area contributed by atoms with E-state index in [0.717, 1.165) is 5.56 Å². The molecule has 94 valence electrons. The molecule has 3 aromatic rings. The third kappa shape index (κ3) is 1.81. The number of rotatable bonds is 2. The summed E-state index contributed by atoms with van der Waals surface area (Å²) < 4.78 is 1.76. The topological polar surface area (TPSA) is 80.6 Å². The molecule has 2 heterocycles. The number of hydrogen-bond donors (Lipinski definition) is 2. The van der Waals surface area contributed by atoms with E-state index in [1.54, 1.807) is 34.9 Å². The zero-order valence-electron chi connectivity index (χ0n) is 9.95. The van der Waals surface area contributed by atoms with Gasteiger partial charge in [0, 0.05) is 17.4 Å². The van der Waals surface area contributed by atoms with Crippen molar-refractivity contribution in [2.24, 2.45) is 0 Å². The number of carboxylic acids is 1. The van der Waals surface area contributed by atoms with Crippen LogP contribution in [0.5, 0.6) is 0 Å². The van der Waals surface area contributed by atoms with Crippen LogP contribution in [0.1, 0.15) is 10.5 Å². The van der Waals surface area contributed by atoms with Crippen molar-refractivity contribution in [3.63, 3.8) is 0 Å². The summed E-state index contributed by atoms with van der Waals surface area (Å²) in [5, 5.41) is 9.19. The Kier molecular flexibility index (Phi) is 2.45. The number of pyridine rings is 1. The SMILES string of the molecule is Nc1ccc(-c2nc(C(=O)O)c3ccccn23)cc1. The molecule has 0 aliphatic heterocycles. The van der Waals surface area contributed by atoms with Gasteiger partial charge in [-0.1, -0.05) is 6.07 Å². The maximum absolute atomic E-state index is 11.2. The van der Waals surface area contributed by atoms with Crippen LogP contribution >= 0.6 is 0 Å². The summed E-state index contributed by atoms with van der Waals surface area (Å²) in [5.74, 6) is -0.446. The van der Waals surface area contributed by atoms with Crippen LogP contribution in [0.3, 0.4) is 0 Å². The monoisotopic (exact) mass is 253 g/mol. The molecule has 0 aliphatic rings. The summed E-state index contributed by atoms with van der Waals surface area (Å²) in [6.45, 7) is 0. The molecule has 5 nitrogen and oxygen atoms in total. The number of carboxylic acid groups (broad SMARTS) is 1. The Morgan fingerprint density at radius 2 is 1.89 bits per heavy atom. The quantitative estimate of drug-likeness (QED) is 0.686. The van der Waals surface area contributed by atoms with Gasteiger partial charge in [-0.05, 0) is 36.4 Å². The number of nitrogens with two attached hydrogens (primary N) is 1. The van der Waals surface area contributed by atoms with Gasteiger partial charge in [-0.15, -0.1) is 0 Å². The first-order valence-electron chi connectivity index (χ1n) is 5.73. The second kappa shape index (κ2) is 4.13. The molecule has 3 N–H and O–H groups in total. The van der Waals surface area contributed by atoms with Crippen molar-refractivity contribution in [1.29, 1.82) is 0 Å². The number of aromatic nitrogens is 2. The highest BCUT2D eigenvalue weighted by Gasteiger charge is 2.16. The first-order valence-corrected chi connectivity index (χ1v) is 5.73. The predicted molar refractivity (Wildman–Crippen MR) is 72.0 cm³/mol. The average molecular weight is 253 g/mol. The van der Waals surface area contributed by atoms with Gasteiger partial charge in [-0.3, -0.25) is 4.40 Å². The van der Waals surface area contributed by atoms with Gasteiger partial charge in [0.1, 0.15) is 5.82 Å². The number of carbonyl (C=O) groups is 1. The molecule has 5 heteroatoms. The minimum absolute atomic E-state index is 0.0485. The number of nitrogen functional groups attached to an aromatic ring is 1. The van der Waals surface area contributed by atoms with Crippen LogP contribution in [-0.2, 0) is 0 Å². The summed E-state index contributed by atoms with van der Waals surface area (Å²) in [5.41, 5.74) is 7.75. The van der Waals surface area contributed by atoms with E-state index in [9.17, 15) is 9.90 Å². The van der Waals surface area contributed by atoms with Crippen LogP contribution in [-0.4, -0.2) is 20.5 Å². The molecular weight excluding hydrogens is 242 g/mol. The van der Waals surface area contributed by atoms with E-state index in [4.69, 9.17) is 5.73 Å². The zero-order valence-corrected chi connectivity index (χ0v) is 9.95. The van der Waals surface area contributed by atoms with Crippen LogP contribution in [0.2, 0.25) is 0 Å². The molecule has 0 spiro atoms. The number of nitrogens with zero attached hydrogens (tertiary/aromatic N) is 2. The molecule has 0 radical (unpaired) electrons. The largest absolute Gasteiger partial charge is 0.476 e. The van der Waals surface area contributed by atoms with Gasteiger partial charge < -0.3 is 10.8 Å².